The second kappa shape index (κ2) is 7.57. The normalized spacial score (nSPS) is 13.4. The van der Waals surface area contributed by atoms with E-state index in [2.05, 4.69) is 20.8 Å². The summed E-state index contributed by atoms with van der Waals surface area (Å²) in [5.74, 6) is 1.29. The first-order chi connectivity index (χ1) is 13.2. The van der Waals surface area contributed by atoms with E-state index in [0.717, 1.165) is 30.7 Å². The van der Waals surface area contributed by atoms with Crippen molar-refractivity contribution in [3.63, 3.8) is 0 Å². The molecule has 0 bridgehead atoms. The van der Waals surface area contributed by atoms with E-state index >= 15 is 0 Å². The smallest absolute Gasteiger partial charge is 0.255 e. The lowest BCUT2D eigenvalue weighted by Gasteiger charge is -2.09. The Bertz CT molecular complexity index is 932. The van der Waals surface area contributed by atoms with E-state index in [-0.39, 0.29) is 5.91 Å². The molecule has 27 heavy (non-hydrogen) atoms. The van der Waals surface area contributed by atoms with Gasteiger partial charge in [-0.1, -0.05) is 13.0 Å². The number of carbonyl (C=O) groups excluding carboxylic acids is 1. The van der Waals surface area contributed by atoms with Crippen molar-refractivity contribution in [1.82, 2.24) is 20.2 Å². The van der Waals surface area contributed by atoms with E-state index in [1.165, 1.54) is 0 Å². The lowest BCUT2D eigenvalue weighted by molar-refractivity contribution is 0.102. The maximum atomic E-state index is 12.5. The van der Waals surface area contributed by atoms with Gasteiger partial charge in [0.2, 0.25) is 0 Å². The quantitative estimate of drug-likeness (QED) is 0.692. The van der Waals surface area contributed by atoms with E-state index < -0.39 is 0 Å². The van der Waals surface area contributed by atoms with Crippen LogP contribution in [0.4, 0.5) is 5.69 Å². The molecule has 138 valence electrons. The van der Waals surface area contributed by atoms with Gasteiger partial charge < -0.3 is 10.1 Å². The Hall–Kier alpha value is -3.22. The van der Waals surface area contributed by atoms with Crippen LogP contribution in [0.3, 0.4) is 0 Å². The van der Waals surface area contributed by atoms with Gasteiger partial charge in [0.25, 0.3) is 5.91 Å². The van der Waals surface area contributed by atoms with Crippen LogP contribution < -0.4 is 10.1 Å². The van der Waals surface area contributed by atoms with Crippen molar-refractivity contribution >= 4 is 11.6 Å². The molecule has 1 N–H and O–H groups in total. The molecule has 3 aromatic rings. The van der Waals surface area contributed by atoms with Crippen LogP contribution in [0.15, 0.2) is 48.5 Å². The summed E-state index contributed by atoms with van der Waals surface area (Å²) in [4.78, 5) is 12.5. The number of ether oxygens (including phenoxy) is 1. The Morgan fingerprint density at radius 2 is 2.04 bits per heavy atom. The highest BCUT2D eigenvalue weighted by Crippen LogP contribution is 2.36. The number of hydrogen-bond donors (Lipinski definition) is 1. The number of hydrogen-bond acceptors (Lipinski definition) is 5. The number of aromatic nitrogens is 4. The largest absolute Gasteiger partial charge is 0.494 e. The third-order valence-electron chi connectivity index (χ3n) is 4.36. The van der Waals surface area contributed by atoms with Gasteiger partial charge in [-0.2, -0.15) is 0 Å². The molecule has 1 aliphatic rings. The van der Waals surface area contributed by atoms with Crippen molar-refractivity contribution in [2.45, 2.75) is 32.2 Å². The van der Waals surface area contributed by atoms with Gasteiger partial charge >= 0.3 is 0 Å². The van der Waals surface area contributed by atoms with Gasteiger partial charge in [0.05, 0.1) is 12.6 Å². The summed E-state index contributed by atoms with van der Waals surface area (Å²) in [6.07, 6.45) is 3.16. The summed E-state index contributed by atoms with van der Waals surface area (Å²) in [7, 11) is 0. The standard InChI is InChI=1S/C20H21N5O2/c1-2-12-27-18-5-3-4-15(13-18)20(26)21-16-8-6-14(7-9-16)19-22-23-24-25(19)17-10-11-17/h3-9,13,17H,2,10-12H2,1H3,(H,21,26). The number of nitrogens with one attached hydrogen (secondary N) is 1. The summed E-state index contributed by atoms with van der Waals surface area (Å²) in [6.45, 7) is 2.68. The third kappa shape index (κ3) is 3.97. The summed E-state index contributed by atoms with van der Waals surface area (Å²) in [6, 6.07) is 15.2. The van der Waals surface area contributed by atoms with Crippen LogP contribution in [0.2, 0.25) is 0 Å². The van der Waals surface area contributed by atoms with E-state index in [4.69, 9.17) is 4.74 Å². The average Bonchev–Trinajstić information content (AvgIpc) is 3.44. The molecular weight excluding hydrogens is 342 g/mol. The lowest BCUT2D eigenvalue weighted by Crippen LogP contribution is -2.12. The minimum Gasteiger partial charge on any atom is -0.494 e. The number of anilines is 1. The van der Waals surface area contributed by atoms with Gasteiger partial charge in [0.15, 0.2) is 5.82 Å². The fourth-order valence-electron chi connectivity index (χ4n) is 2.80. The Balaban J connectivity index is 1.45. The molecular formula is C20H21N5O2. The molecule has 1 heterocycles. The molecule has 7 heteroatoms. The minimum atomic E-state index is -0.174. The number of benzene rings is 2. The molecule has 0 spiro atoms. The first kappa shape index (κ1) is 17.2. The van der Waals surface area contributed by atoms with Crippen molar-refractivity contribution in [2.75, 3.05) is 11.9 Å². The number of carbonyl (C=O) groups is 1. The van der Waals surface area contributed by atoms with Crippen LogP contribution in [0.1, 0.15) is 42.6 Å². The van der Waals surface area contributed by atoms with Gasteiger partial charge in [-0.3, -0.25) is 4.79 Å². The topological polar surface area (TPSA) is 81.9 Å². The van der Waals surface area contributed by atoms with Gasteiger partial charge in [-0.15, -0.1) is 5.10 Å². The second-order valence-electron chi connectivity index (χ2n) is 6.59. The van der Waals surface area contributed by atoms with E-state index in [1.54, 1.807) is 12.1 Å². The average molecular weight is 363 g/mol. The fourth-order valence-corrected chi connectivity index (χ4v) is 2.80. The number of tetrazole rings is 1. The monoisotopic (exact) mass is 363 g/mol. The van der Waals surface area contributed by atoms with Crippen LogP contribution in [0, 0.1) is 0 Å². The summed E-state index contributed by atoms with van der Waals surface area (Å²) in [5, 5.41) is 14.9. The predicted octanol–water partition coefficient (Wildman–Crippen LogP) is 3.72. The number of rotatable bonds is 7. The summed E-state index contributed by atoms with van der Waals surface area (Å²) in [5.41, 5.74) is 2.21. The van der Waals surface area contributed by atoms with E-state index in [1.807, 2.05) is 48.0 Å². The second-order valence-corrected chi connectivity index (χ2v) is 6.59. The van der Waals surface area contributed by atoms with Gasteiger partial charge in [0.1, 0.15) is 5.75 Å². The van der Waals surface area contributed by atoms with E-state index in [9.17, 15) is 4.79 Å². The van der Waals surface area contributed by atoms with Crippen LogP contribution >= 0.6 is 0 Å². The van der Waals surface area contributed by atoms with Crippen LogP contribution in [0.25, 0.3) is 11.4 Å². The fraction of sp³-hybridized carbons (Fsp3) is 0.300. The van der Waals surface area contributed by atoms with E-state index in [0.29, 0.717) is 29.6 Å². The molecule has 0 radical (unpaired) electrons. The zero-order valence-electron chi connectivity index (χ0n) is 15.1. The van der Waals surface area contributed by atoms with Gasteiger partial charge in [-0.05, 0) is 72.2 Å². The molecule has 0 unspecified atom stereocenters. The highest BCUT2D eigenvalue weighted by Gasteiger charge is 2.28. The van der Waals surface area contributed by atoms with Gasteiger partial charge in [0, 0.05) is 16.8 Å². The van der Waals surface area contributed by atoms with Crippen LogP contribution in [-0.4, -0.2) is 32.7 Å². The predicted molar refractivity (Wildman–Crippen MR) is 102 cm³/mol. The molecule has 1 amide bonds. The zero-order chi connectivity index (χ0) is 18.6. The van der Waals surface area contributed by atoms with Crippen LogP contribution in [-0.2, 0) is 0 Å². The molecule has 1 fully saturated rings. The highest BCUT2D eigenvalue weighted by atomic mass is 16.5. The molecule has 1 saturated carbocycles. The van der Waals surface area contributed by atoms with Gasteiger partial charge in [-0.25, -0.2) is 4.68 Å². The first-order valence-electron chi connectivity index (χ1n) is 9.17. The Labute approximate surface area is 157 Å². The van der Waals surface area contributed by atoms with Crippen LogP contribution in [0.5, 0.6) is 5.75 Å². The molecule has 7 nitrogen and oxygen atoms in total. The Morgan fingerprint density at radius 3 is 2.78 bits per heavy atom. The van der Waals surface area contributed by atoms with Crippen molar-refractivity contribution < 1.29 is 9.53 Å². The zero-order valence-corrected chi connectivity index (χ0v) is 15.1. The third-order valence-corrected chi connectivity index (χ3v) is 4.36. The Kier molecular flexibility index (Phi) is 4.82. The number of nitrogens with zero attached hydrogens (tertiary/aromatic N) is 4. The summed E-state index contributed by atoms with van der Waals surface area (Å²) < 4.78 is 7.46. The molecule has 1 aliphatic carbocycles. The molecule has 2 aromatic carbocycles. The van der Waals surface area contributed by atoms with Crippen molar-refractivity contribution in [3.05, 3.63) is 54.1 Å². The molecule has 0 atom stereocenters. The SMILES string of the molecule is CCCOc1cccc(C(=O)Nc2ccc(-c3nnnn3C3CC3)cc2)c1. The van der Waals surface area contributed by atoms with Crippen molar-refractivity contribution in [3.8, 4) is 17.1 Å². The molecule has 0 saturated heterocycles. The highest BCUT2D eigenvalue weighted by molar-refractivity contribution is 6.04. The maximum absolute atomic E-state index is 12.5. The lowest BCUT2D eigenvalue weighted by atomic mass is 10.1. The first-order valence-corrected chi connectivity index (χ1v) is 9.17. The Morgan fingerprint density at radius 1 is 1.22 bits per heavy atom. The maximum Gasteiger partial charge on any atom is 0.255 e. The minimum absolute atomic E-state index is 0.174. The van der Waals surface area contributed by atoms with Crippen molar-refractivity contribution in [2.24, 2.45) is 0 Å². The molecule has 4 rings (SSSR count). The molecule has 1 aromatic heterocycles. The molecule has 0 aliphatic heterocycles. The summed E-state index contributed by atoms with van der Waals surface area (Å²) >= 11 is 0. The number of amides is 1. The van der Waals surface area contributed by atoms with Crippen molar-refractivity contribution in [1.29, 1.82) is 0 Å².